The number of aromatic nitrogens is 3. The first-order chi connectivity index (χ1) is 20.8. The van der Waals surface area contributed by atoms with E-state index >= 15 is 0 Å². The number of pyridine rings is 1. The Balaban J connectivity index is 1.28. The minimum atomic E-state index is 0.844. The molecule has 4 heteroatoms. The van der Waals surface area contributed by atoms with Gasteiger partial charge in [-0.25, -0.2) is 9.97 Å². The van der Waals surface area contributed by atoms with E-state index in [4.69, 9.17) is 4.98 Å². The highest BCUT2D eigenvalue weighted by Crippen LogP contribution is 2.38. The fourth-order valence-electron chi connectivity index (χ4n) is 5.77. The normalized spacial score (nSPS) is 11.3. The SMILES string of the molecule is c1ccc(-n2c(-c3ccc(N(c4ccc5ccccc5c4)c4ccc5ccccc5c4)cc3)nc3cccnc32)cc1. The Bertz CT molecular complexity index is 2120. The summed E-state index contributed by atoms with van der Waals surface area (Å²) >= 11 is 0. The van der Waals surface area contributed by atoms with Crippen LogP contribution in [-0.2, 0) is 0 Å². The molecular weight excluding hydrogens is 512 g/mol. The maximum atomic E-state index is 5.01. The predicted molar refractivity (Wildman–Crippen MR) is 174 cm³/mol. The predicted octanol–water partition coefficient (Wildman–Crippen LogP) is 9.86. The molecular formula is C38H26N4. The minimum Gasteiger partial charge on any atom is -0.310 e. The third kappa shape index (κ3) is 4.18. The maximum Gasteiger partial charge on any atom is 0.164 e. The van der Waals surface area contributed by atoms with Crippen molar-refractivity contribution in [1.82, 2.24) is 14.5 Å². The van der Waals surface area contributed by atoms with E-state index < -0.39 is 0 Å². The summed E-state index contributed by atoms with van der Waals surface area (Å²) in [5.74, 6) is 0.865. The first-order valence-corrected chi connectivity index (χ1v) is 14.1. The van der Waals surface area contributed by atoms with Crippen LogP contribution in [0.4, 0.5) is 17.1 Å². The number of nitrogens with zero attached hydrogens (tertiary/aromatic N) is 4. The summed E-state index contributed by atoms with van der Waals surface area (Å²) in [5.41, 5.74) is 7.06. The molecule has 0 saturated carbocycles. The van der Waals surface area contributed by atoms with Gasteiger partial charge in [-0.2, -0.15) is 0 Å². The van der Waals surface area contributed by atoms with E-state index in [0.717, 1.165) is 45.3 Å². The van der Waals surface area contributed by atoms with Gasteiger partial charge in [-0.3, -0.25) is 4.57 Å². The number of hydrogen-bond donors (Lipinski definition) is 0. The summed E-state index contributed by atoms with van der Waals surface area (Å²) in [7, 11) is 0. The molecule has 0 amide bonds. The molecule has 2 heterocycles. The zero-order valence-electron chi connectivity index (χ0n) is 22.8. The number of imidazole rings is 1. The Morgan fingerprint density at radius 2 is 1.05 bits per heavy atom. The fourth-order valence-corrected chi connectivity index (χ4v) is 5.77. The van der Waals surface area contributed by atoms with Crippen LogP contribution in [0.5, 0.6) is 0 Å². The van der Waals surface area contributed by atoms with Gasteiger partial charge in [0.25, 0.3) is 0 Å². The summed E-state index contributed by atoms with van der Waals surface area (Å²) in [5, 5.41) is 4.87. The van der Waals surface area contributed by atoms with Crippen LogP contribution in [0.1, 0.15) is 0 Å². The molecule has 6 aromatic carbocycles. The lowest BCUT2D eigenvalue weighted by atomic mass is 10.1. The Morgan fingerprint density at radius 3 is 1.69 bits per heavy atom. The molecule has 0 bridgehead atoms. The van der Waals surface area contributed by atoms with Crippen LogP contribution in [0.2, 0.25) is 0 Å². The minimum absolute atomic E-state index is 0.844. The Hall–Kier alpha value is -5.74. The average Bonchev–Trinajstić information content (AvgIpc) is 3.45. The smallest absolute Gasteiger partial charge is 0.164 e. The average molecular weight is 539 g/mol. The molecule has 0 fully saturated rings. The maximum absolute atomic E-state index is 5.01. The molecule has 0 unspecified atom stereocenters. The molecule has 8 aromatic rings. The number of hydrogen-bond acceptors (Lipinski definition) is 3. The summed E-state index contributed by atoms with van der Waals surface area (Å²) in [4.78, 5) is 12.0. The van der Waals surface area contributed by atoms with Crippen molar-refractivity contribution in [3.05, 3.63) is 158 Å². The van der Waals surface area contributed by atoms with Gasteiger partial charge in [0.15, 0.2) is 5.65 Å². The lowest BCUT2D eigenvalue weighted by Gasteiger charge is -2.26. The highest BCUT2D eigenvalue weighted by molar-refractivity contribution is 5.92. The molecule has 8 rings (SSSR count). The van der Waals surface area contributed by atoms with Gasteiger partial charge in [-0.15, -0.1) is 0 Å². The van der Waals surface area contributed by atoms with E-state index in [2.05, 4.69) is 136 Å². The van der Waals surface area contributed by atoms with Gasteiger partial charge in [0, 0.05) is 34.5 Å². The molecule has 0 saturated heterocycles. The monoisotopic (exact) mass is 538 g/mol. The van der Waals surface area contributed by atoms with E-state index in [0.29, 0.717) is 0 Å². The topological polar surface area (TPSA) is 34.0 Å². The largest absolute Gasteiger partial charge is 0.310 e. The van der Waals surface area contributed by atoms with Crippen molar-refractivity contribution in [2.45, 2.75) is 0 Å². The second kappa shape index (κ2) is 10.0. The number of benzene rings is 6. The van der Waals surface area contributed by atoms with Crippen molar-refractivity contribution >= 4 is 49.8 Å². The van der Waals surface area contributed by atoms with Crippen molar-refractivity contribution in [2.24, 2.45) is 0 Å². The van der Waals surface area contributed by atoms with Gasteiger partial charge in [-0.05, 0) is 94.3 Å². The lowest BCUT2D eigenvalue weighted by molar-refractivity contribution is 1.08. The Kier molecular flexibility index (Phi) is 5.75. The van der Waals surface area contributed by atoms with Crippen LogP contribution in [0.15, 0.2) is 158 Å². The quantitative estimate of drug-likeness (QED) is 0.219. The molecule has 2 aromatic heterocycles. The lowest BCUT2D eigenvalue weighted by Crippen LogP contribution is -2.10. The highest BCUT2D eigenvalue weighted by atomic mass is 15.1. The molecule has 0 aliphatic carbocycles. The van der Waals surface area contributed by atoms with Gasteiger partial charge in [-0.1, -0.05) is 78.9 Å². The van der Waals surface area contributed by atoms with Gasteiger partial charge >= 0.3 is 0 Å². The van der Waals surface area contributed by atoms with Crippen molar-refractivity contribution < 1.29 is 0 Å². The summed E-state index contributed by atoms with van der Waals surface area (Å²) in [6.07, 6.45) is 1.82. The number of fused-ring (bicyclic) bond motifs is 3. The molecule has 0 atom stereocenters. The van der Waals surface area contributed by atoms with Gasteiger partial charge in [0.2, 0.25) is 0 Å². The van der Waals surface area contributed by atoms with Gasteiger partial charge in [0.05, 0.1) is 0 Å². The second-order valence-corrected chi connectivity index (χ2v) is 10.4. The number of rotatable bonds is 5. The Labute approximate surface area is 243 Å². The zero-order chi connectivity index (χ0) is 27.9. The van der Waals surface area contributed by atoms with E-state index in [9.17, 15) is 0 Å². The third-order valence-electron chi connectivity index (χ3n) is 7.80. The zero-order valence-corrected chi connectivity index (χ0v) is 22.8. The van der Waals surface area contributed by atoms with Crippen molar-refractivity contribution in [2.75, 3.05) is 4.90 Å². The van der Waals surface area contributed by atoms with Crippen molar-refractivity contribution in [3.63, 3.8) is 0 Å². The van der Waals surface area contributed by atoms with E-state index in [-0.39, 0.29) is 0 Å². The van der Waals surface area contributed by atoms with E-state index in [1.54, 1.807) is 0 Å². The van der Waals surface area contributed by atoms with Crippen LogP contribution in [0.25, 0.3) is 49.8 Å². The van der Waals surface area contributed by atoms with Gasteiger partial charge in [0.1, 0.15) is 11.3 Å². The summed E-state index contributed by atoms with van der Waals surface area (Å²) in [6, 6.07) is 53.2. The number of para-hydroxylation sites is 1. The first-order valence-electron chi connectivity index (χ1n) is 14.1. The fraction of sp³-hybridized carbons (Fsp3) is 0. The van der Waals surface area contributed by atoms with Gasteiger partial charge < -0.3 is 4.90 Å². The molecule has 0 N–H and O–H groups in total. The molecule has 198 valence electrons. The van der Waals surface area contributed by atoms with E-state index in [1.807, 2.05) is 36.5 Å². The second-order valence-electron chi connectivity index (χ2n) is 10.4. The molecule has 42 heavy (non-hydrogen) atoms. The van der Waals surface area contributed by atoms with Crippen LogP contribution >= 0.6 is 0 Å². The van der Waals surface area contributed by atoms with Crippen molar-refractivity contribution in [1.29, 1.82) is 0 Å². The highest BCUT2D eigenvalue weighted by Gasteiger charge is 2.17. The molecule has 0 aliphatic heterocycles. The summed E-state index contributed by atoms with van der Waals surface area (Å²) < 4.78 is 2.13. The molecule has 4 nitrogen and oxygen atoms in total. The van der Waals surface area contributed by atoms with Crippen molar-refractivity contribution in [3.8, 4) is 17.1 Å². The molecule has 0 aliphatic rings. The van der Waals surface area contributed by atoms with Crippen LogP contribution in [0.3, 0.4) is 0 Å². The first kappa shape index (κ1) is 24.1. The van der Waals surface area contributed by atoms with Crippen LogP contribution < -0.4 is 4.90 Å². The van der Waals surface area contributed by atoms with Crippen LogP contribution in [-0.4, -0.2) is 14.5 Å². The van der Waals surface area contributed by atoms with Crippen LogP contribution in [0, 0.1) is 0 Å². The van der Waals surface area contributed by atoms with E-state index in [1.165, 1.54) is 21.5 Å². The molecule has 0 radical (unpaired) electrons. The summed E-state index contributed by atoms with van der Waals surface area (Å²) in [6.45, 7) is 0. The molecule has 0 spiro atoms. The standard InChI is InChI=1S/C38H26N4/c1-2-13-32(14-3-1)42-37(40-36-15-8-24-39-38(36)42)29-18-20-33(21-19-29)41(34-22-16-27-9-4-6-11-30(27)25-34)35-23-17-28-10-5-7-12-31(28)26-35/h1-26H. The third-order valence-corrected chi connectivity index (χ3v) is 7.80. The Morgan fingerprint density at radius 1 is 0.476 bits per heavy atom. The number of anilines is 3.